The minimum atomic E-state index is -0.630. The zero-order valence-corrected chi connectivity index (χ0v) is 12.2. The topological polar surface area (TPSA) is 43.4 Å². The molecule has 108 valence electrons. The van der Waals surface area contributed by atoms with Crippen molar-refractivity contribution in [2.75, 3.05) is 0 Å². The van der Waals surface area contributed by atoms with Gasteiger partial charge in [-0.1, -0.05) is 44.2 Å². The van der Waals surface area contributed by atoms with Gasteiger partial charge in [0, 0.05) is 0 Å². The van der Waals surface area contributed by atoms with Crippen molar-refractivity contribution < 1.29 is 14.3 Å². The third kappa shape index (κ3) is 4.28. The molecule has 0 aliphatic rings. The van der Waals surface area contributed by atoms with Crippen LogP contribution in [0.25, 0.3) is 0 Å². The first-order valence-electron chi connectivity index (χ1n) is 6.97. The molecule has 0 heterocycles. The molecule has 2 rings (SSSR count). The quantitative estimate of drug-likeness (QED) is 0.631. The number of hydrogen-bond donors (Lipinski definition) is 0. The Morgan fingerprint density at radius 3 is 2.19 bits per heavy atom. The monoisotopic (exact) mass is 282 g/mol. The average molecular weight is 282 g/mol. The van der Waals surface area contributed by atoms with Crippen molar-refractivity contribution in [1.82, 2.24) is 0 Å². The van der Waals surface area contributed by atoms with Crippen LogP contribution in [-0.2, 0) is 11.2 Å². The lowest BCUT2D eigenvalue weighted by Gasteiger charge is -2.07. The summed E-state index contributed by atoms with van der Waals surface area (Å²) in [6.07, 6.45) is 0.883. The van der Waals surface area contributed by atoms with Gasteiger partial charge in [0.2, 0.25) is 0 Å². The summed E-state index contributed by atoms with van der Waals surface area (Å²) in [6.45, 7) is 4.23. The van der Waals surface area contributed by atoms with Gasteiger partial charge in [0.05, 0.1) is 11.1 Å². The van der Waals surface area contributed by atoms with E-state index in [1.54, 1.807) is 48.5 Å². The van der Waals surface area contributed by atoms with Crippen LogP contribution < -0.4 is 0 Å². The summed E-state index contributed by atoms with van der Waals surface area (Å²) < 4.78 is 4.90. The maximum atomic E-state index is 12.0. The first-order chi connectivity index (χ1) is 10.1. The van der Waals surface area contributed by atoms with Gasteiger partial charge in [-0.15, -0.1) is 0 Å². The fraction of sp³-hybridized carbons (Fsp3) is 0.222. The Hall–Kier alpha value is -2.42. The number of benzene rings is 2. The van der Waals surface area contributed by atoms with Crippen molar-refractivity contribution in [1.29, 1.82) is 0 Å². The maximum Gasteiger partial charge on any atom is 0.346 e. The molecule has 0 bridgehead atoms. The highest BCUT2D eigenvalue weighted by molar-refractivity contribution is 6.02. The van der Waals surface area contributed by atoms with Crippen molar-refractivity contribution in [3.63, 3.8) is 0 Å². The number of ether oxygens (including phenoxy) is 1. The Bertz CT molecular complexity index is 630. The van der Waals surface area contributed by atoms with Crippen LogP contribution in [0.4, 0.5) is 0 Å². The summed E-state index contributed by atoms with van der Waals surface area (Å²) in [5, 5.41) is 0. The summed E-state index contributed by atoms with van der Waals surface area (Å²) in [7, 11) is 0. The number of carbonyl (C=O) groups excluding carboxylic acids is 2. The van der Waals surface area contributed by atoms with Crippen molar-refractivity contribution in [3.05, 3.63) is 71.3 Å². The van der Waals surface area contributed by atoms with E-state index in [0.717, 1.165) is 12.0 Å². The van der Waals surface area contributed by atoms with E-state index in [1.807, 2.05) is 6.07 Å². The van der Waals surface area contributed by atoms with E-state index < -0.39 is 11.9 Å². The number of esters is 2. The van der Waals surface area contributed by atoms with Crippen LogP contribution in [0.2, 0.25) is 0 Å². The molecule has 0 saturated heterocycles. The Balaban J connectivity index is 2.08. The molecule has 21 heavy (non-hydrogen) atoms. The molecule has 0 radical (unpaired) electrons. The molecule has 2 aromatic rings. The Labute approximate surface area is 124 Å². The molecule has 0 N–H and O–H groups in total. The van der Waals surface area contributed by atoms with Gasteiger partial charge in [-0.2, -0.15) is 0 Å². The molecule has 0 atom stereocenters. The molecule has 0 amide bonds. The first-order valence-corrected chi connectivity index (χ1v) is 6.97. The van der Waals surface area contributed by atoms with Crippen LogP contribution in [0, 0.1) is 5.92 Å². The van der Waals surface area contributed by atoms with Crippen LogP contribution in [0.5, 0.6) is 0 Å². The van der Waals surface area contributed by atoms with Crippen molar-refractivity contribution in [3.8, 4) is 0 Å². The normalized spacial score (nSPS) is 10.4. The van der Waals surface area contributed by atoms with Gasteiger partial charge < -0.3 is 4.74 Å². The SMILES string of the molecule is CC(C)Cc1cccc(C(=O)OC(=O)c2ccccc2)c1. The standard InChI is InChI=1S/C18H18O3/c1-13(2)11-14-7-6-10-16(12-14)18(20)21-17(19)15-8-4-3-5-9-15/h3-10,12-13H,11H2,1-2H3. The lowest BCUT2D eigenvalue weighted by atomic mass is 10.0. The molecule has 0 spiro atoms. The first kappa shape index (κ1) is 15.0. The smallest absolute Gasteiger partial charge is 0.346 e. The van der Waals surface area contributed by atoms with E-state index >= 15 is 0 Å². The molecule has 2 aromatic carbocycles. The maximum absolute atomic E-state index is 12.0. The number of carbonyl (C=O) groups is 2. The van der Waals surface area contributed by atoms with Gasteiger partial charge in [-0.05, 0) is 42.2 Å². The van der Waals surface area contributed by atoms with Gasteiger partial charge >= 0.3 is 11.9 Å². The highest BCUT2D eigenvalue weighted by Gasteiger charge is 2.15. The third-order valence-electron chi connectivity index (χ3n) is 3.00. The van der Waals surface area contributed by atoms with Crippen molar-refractivity contribution >= 4 is 11.9 Å². The summed E-state index contributed by atoms with van der Waals surface area (Å²) in [5.74, 6) is -0.744. The third-order valence-corrected chi connectivity index (χ3v) is 3.00. The largest absolute Gasteiger partial charge is 0.386 e. The molecule has 0 aliphatic heterocycles. The molecule has 3 heteroatoms. The Morgan fingerprint density at radius 1 is 0.905 bits per heavy atom. The van der Waals surface area contributed by atoms with E-state index in [-0.39, 0.29) is 0 Å². The predicted molar refractivity (Wildman–Crippen MR) is 81.2 cm³/mol. The molecule has 0 fully saturated rings. The molecular formula is C18H18O3. The molecule has 0 aliphatic carbocycles. The fourth-order valence-electron chi connectivity index (χ4n) is 2.07. The van der Waals surface area contributed by atoms with Crippen molar-refractivity contribution in [2.24, 2.45) is 5.92 Å². The highest BCUT2D eigenvalue weighted by Crippen LogP contribution is 2.12. The second-order valence-corrected chi connectivity index (χ2v) is 5.34. The molecule has 3 nitrogen and oxygen atoms in total. The van der Waals surface area contributed by atoms with Crippen LogP contribution in [-0.4, -0.2) is 11.9 Å². The second-order valence-electron chi connectivity index (χ2n) is 5.34. The van der Waals surface area contributed by atoms with E-state index in [4.69, 9.17) is 4.74 Å². The number of rotatable bonds is 4. The summed E-state index contributed by atoms with van der Waals surface area (Å²) in [5.41, 5.74) is 1.83. The second kappa shape index (κ2) is 6.84. The minimum absolute atomic E-state index is 0.365. The molecular weight excluding hydrogens is 264 g/mol. The van der Waals surface area contributed by atoms with Gasteiger partial charge in [-0.3, -0.25) is 0 Å². The van der Waals surface area contributed by atoms with E-state index in [2.05, 4.69) is 13.8 Å². The van der Waals surface area contributed by atoms with Crippen LogP contribution in [0.1, 0.15) is 40.1 Å². The average Bonchev–Trinajstić information content (AvgIpc) is 2.47. The van der Waals surface area contributed by atoms with E-state index in [9.17, 15) is 9.59 Å². The summed E-state index contributed by atoms with van der Waals surface area (Å²) in [4.78, 5) is 23.9. The van der Waals surface area contributed by atoms with Crippen molar-refractivity contribution in [2.45, 2.75) is 20.3 Å². The van der Waals surface area contributed by atoms with Crippen LogP contribution >= 0.6 is 0 Å². The Kier molecular flexibility index (Phi) is 4.88. The fourth-order valence-corrected chi connectivity index (χ4v) is 2.07. The zero-order chi connectivity index (χ0) is 15.2. The molecule has 0 saturated carbocycles. The van der Waals surface area contributed by atoms with E-state index in [0.29, 0.717) is 17.0 Å². The van der Waals surface area contributed by atoms with Gasteiger partial charge in [0.25, 0.3) is 0 Å². The number of hydrogen-bond acceptors (Lipinski definition) is 3. The summed E-state index contributed by atoms with van der Waals surface area (Å²) >= 11 is 0. The predicted octanol–water partition coefficient (Wildman–Crippen LogP) is 3.88. The lowest BCUT2D eigenvalue weighted by molar-refractivity contribution is 0.0397. The highest BCUT2D eigenvalue weighted by atomic mass is 16.6. The van der Waals surface area contributed by atoms with Crippen LogP contribution in [0.15, 0.2) is 54.6 Å². The molecule has 0 aromatic heterocycles. The lowest BCUT2D eigenvalue weighted by Crippen LogP contribution is -2.13. The van der Waals surface area contributed by atoms with Gasteiger partial charge in [-0.25, -0.2) is 9.59 Å². The van der Waals surface area contributed by atoms with Gasteiger partial charge in [0.1, 0.15) is 0 Å². The van der Waals surface area contributed by atoms with Gasteiger partial charge in [0.15, 0.2) is 0 Å². The minimum Gasteiger partial charge on any atom is -0.386 e. The van der Waals surface area contributed by atoms with Crippen LogP contribution in [0.3, 0.4) is 0 Å². The molecule has 0 unspecified atom stereocenters. The van der Waals surface area contributed by atoms with E-state index in [1.165, 1.54) is 0 Å². The summed E-state index contributed by atoms with van der Waals surface area (Å²) in [6, 6.07) is 15.7. The Morgan fingerprint density at radius 2 is 1.52 bits per heavy atom. The zero-order valence-electron chi connectivity index (χ0n) is 12.2.